The van der Waals surface area contributed by atoms with Gasteiger partial charge in [-0.25, -0.2) is 9.11 Å². The summed E-state index contributed by atoms with van der Waals surface area (Å²) in [6.45, 7) is 1.48. The molecule has 1 aliphatic heterocycles. The van der Waals surface area contributed by atoms with Crippen LogP contribution in [0.2, 0.25) is 0 Å². The van der Waals surface area contributed by atoms with E-state index in [0.29, 0.717) is 26.1 Å². The molecule has 4 nitrogen and oxygen atoms in total. The van der Waals surface area contributed by atoms with Crippen molar-refractivity contribution >= 4 is 10.2 Å². The zero-order valence-electron chi connectivity index (χ0n) is 10.1. The molecule has 0 atom stereocenters. The topological polar surface area (TPSA) is 49.4 Å². The molecule has 0 amide bonds. The SMILES string of the molecule is O=S(=O)(NCCc1cccc(F)c1)N1CCCC1. The van der Waals surface area contributed by atoms with Crippen molar-refractivity contribution in [3.8, 4) is 0 Å². The highest BCUT2D eigenvalue weighted by atomic mass is 32.2. The Kier molecular flexibility index (Phi) is 4.31. The second-order valence-corrected chi connectivity index (χ2v) is 6.14. The van der Waals surface area contributed by atoms with Crippen molar-refractivity contribution in [1.29, 1.82) is 0 Å². The third-order valence-corrected chi connectivity index (χ3v) is 4.61. The van der Waals surface area contributed by atoms with Crippen molar-refractivity contribution in [3.05, 3.63) is 35.6 Å². The van der Waals surface area contributed by atoms with E-state index in [2.05, 4.69) is 4.72 Å². The maximum atomic E-state index is 12.9. The van der Waals surface area contributed by atoms with Gasteiger partial charge in [-0.15, -0.1) is 0 Å². The van der Waals surface area contributed by atoms with E-state index in [1.807, 2.05) is 0 Å². The summed E-state index contributed by atoms with van der Waals surface area (Å²) in [5.41, 5.74) is 0.791. The summed E-state index contributed by atoms with van der Waals surface area (Å²) in [5, 5.41) is 0. The van der Waals surface area contributed by atoms with E-state index in [0.717, 1.165) is 18.4 Å². The van der Waals surface area contributed by atoms with E-state index in [9.17, 15) is 12.8 Å². The highest BCUT2D eigenvalue weighted by Crippen LogP contribution is 2.11. The Morgan fingerprint density at radius 3 is 2.67 bits per heavy atom. The van der Waals surface area contributed by atoms with E-state index in [1.165, 1.54) is 16.4 Å². The molecule has 0 saturated carbocycles. The Bertz CT molecular complexity index is 499. The minimum absolute atomic E-state index is 0.294. The van der Waals surface area contributed by atoms with E-state index in [4.69, 9.17) is 0 Å². The Morgan fingerprint density at radius 1 is 1.28 bits per heavy atom. The van der Waals surface area contributed by atoms with Gasteiger partial charge in [0.2, 0.25) is 0 Å². The van der Waals surface area contributed by atoms with Crippen LogP contribution in [0.4, 0.5) is 4.39 Å². The minimum atomic E-state index is -3.35. The first-order valence-electron chi connectivity index (χ1n) is 6.07. The average molecular weight is 272 g/mol. The monoisotopic (exact) mass is 272 g/mol. The Morgan fingerprint density at radius 2 is 2.00 bits per heavy atom. The number of benzene rings is 1. The fourth-order valence-electron chi connectivity index (χ4n) is 2.04. The van der Waals surface area contributed by atoms with Gasteiger partial charge in [0.1, 0.15) is 5.82 Å². The molecule has 2 rings (SSSR count). The van der Waals surface area contributed by atoms with Gasteiger partial charge in [-0.3, -0.25) is 0 Å². The van der Waals surface area contributed by atoms with Crippen LogP contribution in [0.5, 0.6) is 0 Å². The van der Waals surface area contributed by atoms with E-state index in [1.54, 1.807) is 12.1 Å². The summed E-state index contributed by atoms with van der Waals surface area (Å²) in [6.07, 6.45) is 2.33. The zero-order valence-corrected chi connectivity index (χ0v) is 10.9. The summed E-state index contributed by atoms with van der Waals surface area (Å²) in [4.78, 5) is 0. The number of hydrogen-bond donors (Lipinski definition) is 1. The van der Waals surface area contributed by atoms with Gasteiger partial charge >= 0.3 is 0 Å². The number of nitrogens with zero attached hydrogens (tertiary/aromatic N) is 1. The summed E-state index contributed by atoms with van der Waals surface area (Å²) < 4.78 is 40.6. The molecule has 1 aromatic rings. The van der Waals surface area contributed by atoms with Gasteiger partial charge in [-0.2, -0.15) is 12.7 Å². The summed E-state index contributed by atoms with van der Waals surface area (Å²) in [6, 6.07) is 6.20. The molecule has 0 unspecified atom stereocenters. The van der Waals surface area contributed by atoms with Crippen molar-refractivity contribution in [2.75, 3.05) is 19.6 Å². The molecule has 18 heavy (non-hydrogen) atoms. The molecule has 100 valence electrons. The van der Waals surface area contributed by atoms with Crippen molar-refractivity contribution in [2.45, 2.75) is 19.3 Å². The summed E-state index contributed by atoms with van der Waals surface area (Å²) in [7, 11) is -3.35. The molecule has 1 aromatic carbocycles. The molecule has 0 radical (unpaired) electrons. The van der Waals surface area contributed by atoms with Crippen LogP contribution in [0.15, 0.2) is 24.3 Å². The second-order valence-electron chi connectivity index (χ2n) is 4.39. The van der Waals surface area contributed by atoms with Gasteiger partial charge in [0, 0.05) is 19.6 Å². The quantitative estimate of drug-likeness (QED) is 0.878. The molecule has 1 fully saturated rings. The van der Waals surface area contributed by atoms with Gasteiger partial charge in [-0.05, 0) is 37.0 Å². The lowest BCUT2D eigenvalue weighted by Gasteiger charge is -2.15. The fourth-order valence-corrected chi connectivity index (χ4v) is 3.32. The van der Waals surface area contributed by atoms with Crippen LogP contribution in [0, 0.1) is 5.82 Å². The number of hydrogen-bond acceptors (Lipinski definition) is 2. The van der Waals surface area contributed by atoms with Crippen LogP contribution in [0.3, 0.4) is 0 Å². The predicted molar refractivity (Wildman–Crippen MR) is 67.8 cm³/mol. The largest absolute Gasteiger partial charge is 0.279 e. The Labute approximate surface area is 107 Å². The van der Waals surface area contributed by atoms with Crippen molar-refractivity contribution in [1.82, 2.24) is 9.03 Å². The first-order chi connectivity index (χ1) is 8.58. The van der Waals surface area contributed by atoms with E-state index in [-0.39, 0.29) is 5.82 Å². The molecule has 1 N–H and O–H groups in total. The second kappa shape index (κ2) is 5.77. The molecule has 6 heteroatoms. The molecule has 1 heterocycles. The molecule has 0 spiro atoms. The van der Waals surface area contributed by atoms with E-state index >= 15 is 0 Å². The molecule has 0 aromatic heterocycles. The van der Waals surface area contributed by atoms with Crippen molar-refractivity contribution in [3.63, 3.8) is 0 Å². The van der Waals surface area contributed by atoms with Crippen LogP contribution >= 0.6 is 0 Å². The van der Waals surface area contributed by atoms with Crippen molar-refractivity contribution in [2.24, 2.45) is 0 Å². The normalized spacial score (nSPS) is 17.2. The summed E-state index contributed by atoms with van der Waals surface area (Å²) in [5.74, 6) is -0.296. The molecular weight excluding hydrogens is 255 g/mol. The van der Waals surface area contributed by atoms with Crippen LogP contribution in [-0.4, -0.2) is 32.4 Å². The van der Waals surface area contributed by atoms with Crippen LogP contribution in [0.25, 0.3) is 0 Å². The van der Waals surface area contributed by atoms with Gasteiger partial charge < -0.3 is 0 Å². The maximum absolute atomic E-state index is 12.9. The smallest absolute Gasteiger partial charge is 0.207 e. The number of halogens is 1. The van der Waals surface area contributed by atoms with Gasteiger partial charge in [0.15, 0.2) is 0 Å². The third kappa shape index (κ3) is 3.51. The van der Waals surface area contributed by atoms with Gasteiger partial charge in [0.25, 0.3) is 10.2 Å². The van der Waals surface area contributed by atoms with Crippen molar-refractivity contribution < 1.29 is 12.8 Å². The molecule has 1 aliphatic rings. The highest BCUT2D eigenvalue weighted by molar-refractivity contribution is 7.87. The first-order valence-corrected chi connectivity index (χ1v) is 7.51. The molecule has 1 saturated heterocycles. The maximum Gasteiger partial charge on any atom is 0.279 e. The molecule has 0 aliphatic carbocycles. The van der Waals surface area contributed by atoms with Crippen LogP contribution in [0.1, 0.15) is 18.4 Å². The first kappa shape index (κ1) is 13.5. The highest BCUT2D eigenvalue weighted by Gasteiger charge is 2.24. The predicted octanol–water partition coefficient (Wildman–Crippen LogP) is 1.30. The lowest BCUT2D eigenvalue weighted by atomic mass is 10.1. The lowest BCUT2D eigenvalue weighted by molar-refractivity contribution is 0.465. The molecular formula is C12H17FN2O2S. The Balaban J connectivity index is 1.84. The minimum Gasteiger partial charge on any atom is -0.207 e. The number of nitrogens with one attached hydrogen (secondary N) is 1. The number of rotatable bonds is 5. The fraction of sp³-hybridized carbons (Fsp3) is 0.500. The van der Waals surface area contributed by atoms with Gasteiger partial charge in [-0.1, -0.05) is 12.1 Å². The zero-order chi connectivity index (χ0) is 13.0. The Hall–Kier alpha value is -0.980. The van der Waals surface area contributed by atoms with Crippen LogP contribution < -0.4 is 4.72 Å². The van der Waals surface area contributed by atoms with Gasteiger partial charge in [0.05, 0.1) is 0 Å². The standard InChI is InChI=1S/C12H17FN2O2S/c13-12-5-3-4-11(10-12)6-7-14-18(16,17)15-8-1-2-9-15/h3-5,10,14H,1-2,6-9H2. The lowest BCUT2D eigenvalue weighted by Crippen LogP contribution is -2.39. The third-order valence-electron chi connectivity index (χ3n) is 2.99. The van der Waals surface area contributed by atoms with E-state index < -0.39 is 10.2 Å². The molecule has 0 bridgehead atoms. The van der Waals surface area contributed by atoms with Crippen LogP contribution in [-0.2, 0) is 16.6 Å². The summed E-state index contributed by atoms with van der Waals surface area (Å²) >= 11 is 0. The average Bonchev–Trinajstić information content (AvgIpc) is 2.83.